The number of hydrogen-bond acceptors (Lipinski definition) is 5. The topological polar surface area (TPSA) is 68.4 Å². The van der Waals surface area contributed by atoms with Crippen LogP contribution in [0.25, 0.3) is 11.0 Å². The van der Waals surface area contributed by atoms with Crippen molar-refractivity contribution in [2.45, 2.75) is 6.54 Å². The summed E-state index contributed by atoms with van der Waals surface area (Å²) < 4.78 is 16.1. The number of methoxy groups -OCH3 is 3. The maximum atomic E-state index is 5.36. The van der Waals surface area contributed by atoms with Gasteiger partial charge in [-0.05, 0) is 29.8 Å². The molecular formula is C17H19ClN3O3-. The van der Waals surface area contributed by atoms with E-state index in [9.17, 15) is 0 Å². The Morgan fingerprint density at radius 3 is 2.25 bits per heavy atom. The van der Waals surface area contributed by atoms with Gasteiger partial charge in [0.15, 0.2) is 11.5 Å². The minimum Gasteiger partial charge on any atom is -1.00 e. The van der Waals surface area contributed by atoms with Gasteiger partial charge in [0.25, 0.3) is 0 Å². The van der Waals surface area contributed by atoms with Crippen LogP contribution in [-0.4, -0.2) is 31.3 Å². The molecule has 24 heavy (non-hydrogen) atoms. The molecule has 1 heterocycles. The Morgan fingerprint density at radius 1 is 1.00 bits per heavy atom. The highest BCUT2D eigenvalue weighted by molar-refractivity contribution is 5.77. The van der Waals surface area contributed by atoms with Crippen molar-refractivity contribution in [2.75, 3.05) is 26.6 Å². The number of rotatable bonds is 6. The van der Waals surface area contributed by atoms with Gasteiger partial charge >= 0.3 is 0 Å². The third-order valence-corrected chi connectivity index (χ3v) is 3.57. The molecule has 0 atom stereocenters. The summed E-state index contributed by atoms with van der Waals surface area (Å²) in [7, 11) is 4.80. The van der Waals surface area contributed by atoms with Crippen LogP contribution in [0, 0.1) is 0 Å². The Kier molecular flexibility index (Phi) is 5.76. The van der Waals surface area contributed by atoms with E-state index in [1.54, 1.807) is 21.3 Å². The second kappa shape index (κ2) is 7.79. The smallest absolute Gasteiger partial charge is 0.203 e. The summed E-state index contributed by atoms with van der Waals surface area (Å²) in [5.41, 5.74) is 2.93. The zero-order valence-corrected chi connectivity index (χ0v) is 14.5. The van der Waals surface area contributed by atoms with E-state index < -0.39 is 0 Å². The summed E-state index contributed by atoms with van der Waals surface area (Å²) in [5.74, 6) is 2.57. The van der Waals surface area contributed by atoms with E-state index in [2.05, 4.69) is 15.3 Å². The first-order valence-electron chi connectivity index (χ1n) is 7.22. The van der Waals surface area contributed by atoms with Crippen LogP contribution in [0.2, 0.25) is 0 Å². The largest absolute Gasteiger partial charge is 1.00 e. The predicted molar refractivity (Wildman–Crippen MR) is 89.5 cm³/mol. The third kappa shape index (κ3) is 3.49. The van der Waals surface area contributed by atoms with Crippen LogP contribution < -0.4 is 31.9 Å². The Bertz CT molecular complexity index is 762. The van der Waals surface area contributed by atoms with Crippen LogP contribution in [0.1, 0.15) is 5.56 Å². The van der Waals surface area contributed by atoms with Crippen molar-refractivity contribution < 1.29 is 26.6 Å². The molecule has 0 unspecified atom stereocenters. The Labute approximate surface area is 146 Å². The minimum atomic E-state index is 0. The van der Waals surface area contributed by atoms with Crippen molar-refractivity contribution in [2.24, 2.45) is 0 Å². The highest BCUT2D eigenvalue weighted by Crippen LogP contribution is 2.38. The molecule has 0 bridgehead atoms. The Hall–Kier alpha value is -2.60. The summed E-state index contributed by atoms with van der Waals surface area (Å²) in [6.07, 6.45) is 0. The molecular weight excluding hydrogens is 330 g/mol. The number of aromatic amines is 1. The van der Waals surface area contributed by atoms with Crippen LogP contribution in [0.5, 0.6) is 17.2 Å². The molecule has 0 saturated carbocycles. The van der Waals surface area contributed by atoms with Crippen LogP contribution >= 0.6 is 0 Å². The zero-order chi connectivity index (χ0) is 16.2. The SMILES string of the molecule is COc1cc(CNc2nc3ccccc3[nH]2)cc(OC)c1OC.[Cl-]. The molecule has 0 saturated heterocycles. The number of fused-ring (bicyclic) bond motifs is 1. The number of ether oxygens (including phenoxy) is 3. The van der Waals surface area contributed by atoms with Crippen molar-refractivity contribution in [3.63, 3.8) is 0 Å². The van der Waals surface area contributed by atoms with E-state index in [-0.39, 0.29) is 12.4 Å². The number of nitrogens with zero attached hydrogens (tertiary/aromatic N) is 1. The van der Waals surface area contributed by atoms with Gasteiger partial charge in [0.05, 0.1) is 32.4 Å². The first-order valence-corrected chi connectivity index (χ1v) is 7.22. The average Bonchev–Trinajstić information content (AvgIpc) is 3.01. The lowest BCUT2D eigenvalue weighted by molar-refractivity contribution is -0.00000560. The van der Waals surface area contributed by atoms with Gasteiger partial charge in [-0.15, -0.1) is 0 Å². The zero-order valence-electron chi connectivity index (χ0n) is 13.7. The number of H-pyrrole nitrogens is 1. The van der Waals surface area contributed by atoms with Crippen LogP contribution in [0.4, 0.5) is 5.95 Å². The van der Waals surface area contributed by atoms with E-state index in [4.69, 9.17) is 14.2 Å². The first kappa shape index (κ1) is 17.7. The van der Waals surface area contributed by atoms with Crippen molar-refractivity contribution in [3.05, 3.63) is 42.0 Å². The van der Waals surface area contributed by atoms with Gasteiger partial charge in [0, 0.05) is 6.54 Å². The van der Waals surface area contributed by atoms with Gasteiger partial charge in [0.2, 0.25) is 11.7 Å². The maximum absolute atomic E-state index is 5.36. The fraction of sp³-hybridized carbons (Fsp3) is 0.235. The van der Waals surface area contributed by atoms with Gasteiger partial charge in [-0.25, -0.2) is 4.98 Å². The second-order valence-electron chi connectivity index (χ2n) is 4.99. The standard InChI is InChI=1S/C17H19N3O3.ClH/c1-21-14-8-11(9-15(22-2)16(14)23-3)10-18-17-19-12-6-4-5-7-13(12)20-17;/h4-9H,10H2,1-3H3,(H2,18,19,20);1H/p-1. The van der Waals surface area contributed by atoms with Crippen molar-refractivity contribution in [1.29, 1.82) is 0 Å². The van der Waals surface area contributed by atoms with Crippen LogP contribution in [0.3, 0.4) is 0 Å². The number of para-hydroxylation sites is 2. The molecule has 2 N–H and O–H groups in total. The van der Waals surface area contributed by atoms with Gasteiger partial charge in [0.1, 0.15) is 0 Å². The summed E-state index contributed by atoms with van der Waals surface area (Å²) >= 11 is 0. The monoisotopic (exact) mass is 348 g/mol. The molecule has 6 nitrogen and oxygen atoms in total. The van der Waals surface area contributed by atoms with Crippen molar-refractivity contribution in [3.8, 4) is 17.2 Å². The van der Waals surface area contributed by atoms with E-state index in [0.717, 1.165) is 22.5 Å². The molecule has 2 aromatic carbocycles. The average molecular weight is 349 g/mol. The normalized spacial score (nSPS) is 10.1. The molecule has 0 radical (unpaired) electrons. The van der Waals surface area contributed by atoms with Gasteiger partial charge in [-0.1, -0.05) is 12.1 Å². The Morgan fingerprint density at radius 2 is 1.67 bits per heavy atom. The fourth-order valence-corrected chi connectivity index (χ4v) is 2.46. The molecule has 0 aliphatic rings. The lowest BCUT2D eigenvalue weighted by atomic mass is 10.2. The van der Waals surface area contributed by atoms with E-state index >= 15 is 0 Å². The summed E-state index contributed by atoms with van der Waals surface area (Å²) in [6, 6.07) is 11.7. The first-order chi connectivity index (χ1) is 11.2. The van der Waals surface area contributed by atoms with Gasteiger partial charge in [-0.2, -0.15) is 0 Å². The van der Waals surface area contributed by atoms with Crippen LogP contribution in [-0.2, 0) is 6.54 Å². The quantitative estimate of drug-likeness (QED) is 0.666. The number of aromatic nitrogens is 2. The lowest BCUT2D eigenvalue weighted by Gasteiger charge is -2.14. The van der Waals surface area contributed by atoms with Crippen molar-refractivity contribution >= 4 is 17.0 Å². The molecule has 128 valence electrons. The predicted octanol–water partition coefficient (Wildman–Crippen LogP) is 0.205. The van der Waals surface area contributed by atoms with E-state index in [1.165, 1.54) is 0 Å². The molecule has 1 aromatic heterocycles. The number of halogens is 1. The fourth-order valence-electron chi connectivity index (χ4n) is 2.46. The molecule has 0 fully saturated rings. The molecule has 3 aromatic rings. The second-order valence-corrected chi connectivity index (χ2v) is 4.99. The molecule has 3 rings (SSSR count). The lowest BCUT2D eigenvalue weighted by Crippen LogP contribution is -3.00. The van der Waals surface area contributed by atoms with Crippen LogP contribution in [0.15, 0.2) is 36.4 Å². The maximum Gasteiger partial charge on any atom is 0.203 e. The summed E-state index contributed by atoms with van der Waals surface area (Å²) in [4.78, 5) is 7.73. The minimum absolute atomic E-state index is 0. The number of hydrogen-bond donors (Lipinski definition) is 2. The van der Waals surface area contributed by atoms with Crippen molar-refractivity contribution in [1.82, 2.24) is 9.97 Å². The third-order valence-electron chi connectivity index (χ3n) is 3.57. The number of benzene rings is 2. The number of anilines is 1. The number of imidazole rings is 1. The Balaban J connectivity index is 0.00000208. The highest BCUT2D eigenvalue weighted by atomic mass is 35.5. The molecule has 0 aliphatic heterocycles. The summed E-state index contributed by atoms with van der Waals surface area (Å²) in [6.45, 7) is 0.580. The number of nitrogens with one attached hydrogen (secondary N) is 2. The van der Waals surface area contributed by atoms with Gasteiger partial charge in [-0.3, -0.25) is 0 Å². The molecule has 0 aliphatic carbocycles. The highest BCUT2D eigenvalue weighted by Gasteiger charge is 2.13. The molecule has 7 heteroatoms. The van der Waals surface area contributed by atoms with E-state index in [1.807, 2.05) is 36.4 Å². The van der Waals surface area contributed by atoms with E-state index in [0.29, 0.717) is 23.8 Å². The van der Waals surface area contributed by atoms with Gasteiger partial charge < -0.3 is 36.9 Å². The molecule has 0 spiro atoms. The molecule has 0 amide bonds. The summed E-state index contributed by atoms with van der Waals surface area (Å²) in [5, 5.41) is 3.27.